The second kappa shape index (κ2) is 4.29. The third-order valence-corrected chi connectivity index (χ3v) is 2.84. The van der Waals surface area contributed by atoms with Crippen LogP contribution in [-0.2, 0) is 6.18 Å². The van der Waals surface area contributed by atoms with Crippen LogP contribution in [0.25, 0.3) is 17.2 Å². The summed E-state index contributed by atoms with van der Waals surface area (Å²) in [6, 6.07) is 4.59. The first-order chi connectivity index (χ1) is 9.45. The number of nitrogens with zero attached hydrogens (tertiary/aromatic N) is 4. The number of fused-ring (bicyclic) bond motifs is 1. The highest BCUT2D eigenvalue weighted by atomic mass is 19.4. The van der Waals surface area contributed by atoms with Crippen LogP contribution in [0.3, 0.4) is 0 Å². The van der Waals surface area contributed by atoms with Crippen LogP contribution in [0.4, 0.5) is 13.2 Å². The Morgan fingerprint density at radius 1 is 1.05 bits per heavy atom. The van der Waals surface area contributed by atoms with Gasteiger partial charge in [-0.15, -0.1) is 0 Å². The highest BCUT2D eigenvalue weighted by Crippen LogP contribution is 2.28. The van der Waals surface area contributed by atoms with Crippen LogP contribution < -0.4 is 0 Å². The molecule has 3 aromatic rings. The fourth-order valence-electron chi connectivity index (χ4n) is 1.84. The highest BCUT2D eigenvalue weighted by Gasteiger charge is 2.32. The van der Waals surface area contributed by atoms with E-state index in [4.69, 9.17) is 0 Å². The van der Waals surface area contributed by atoms with Crippen molar-refractivity contribution in [1.29, 1.82) is 0 Å². The third-order valence-electron chi connectivity index (χ3n) is 2.84. The number of alkyl halides is 3. The maximum Gasteiger partial charge on any atom is 0.433 e. The largest absolute Gasteiger partial charge is 0.433 e. The van der Waals surface area contributed by atoms with Crippen molar-refractivity contribution in [2.45, 2.75) is 13.1 Å². The van der Waals surface area contributed by atoms with Crippen LogP contribution in [-0.4, -0.2) is 19.4 Å². The van der Waals surface area contributed by atoms with E-state index >= 15 is 0 Å². The predicted octanol–water partition coefficient (Wildman–Crippen LogP) is 3.12. The molecular weight excluding hydrogens is 269 g/mol. The molecule has 3 aromatic heterocycles. The monoisotopic (exact) mass is 278 g/mol. The summed E-state index contributed by atoms with van der Waals surface area (Å²) in [5, 5.41) is 0. The lowest BCUT2D eigenvalue weighted by molar-refractivity contribution is -0.141. The van der Waals surface area contributed by atoms with Gasteiger partial charge in [0.05, 0.1) is 17.6 Å². The Hall–Kier alpha value is -2.44. The SMILES string of the molecule is Cc1ccc(-c2cnc3nc(C(F)(F)F)ccn23)nc1. The summed E-state index contributed by atoms with van der Waals surface area (Å²) in [4.78, 5) is 11.6. The van der Waals surface area contributed by atoms with Crippen LogP contribution in [0, 0.1) is 6.92 Å². The van der Waals surface area contributed by atoms with E-state index in [0.29, 0.717) is 11.4 Å². The molecule has 3 heterocycles. The molecular formula is C13H9F3N4. The van der Waals surface area contributed by atoms with E-state index < -0.39 is 11.9 Å². The van der Waals surface area contributed by atoms with E-state index in [9.17, 15) is 13.2 Å². The maximum absolute atomic E-state index is 12.6. The van der Waals surface area contributed by atoms with Crippen molar-refractivity contribution in [2.75, 3.05) is 0 Å². The number of aromatic nitrogens is 4. The first-order valence-corrected chi connectivity index (χ1v) is 5.79. The minimum atomic E-state index is -4.48. The molecule has 0 aliphatic carbocycles. The summed E-state index contributed by atoms with van der Waals surface area (Å²) in [7, 11) is 0. The Kier molecular flexibility index (Phi) is 2.70. The second-order valence-corrected chi connectivity index (χ2v) is 4.34. The Labute approximate surface area is 111 Å². The Bertz CT molecular complexity index is 759. The van der Waals surface area contributed by atoms with Gasteiger partial charge in [-0.2, -0.15) is 13.2 Å². The highest BCUT2D eigenvalue weighted by molar-refractivity contribution is 5.58. The summed E-state index contributed by atoms with van der Waals surface area (Å²) in [5.41, 5.74) is 1.27. The molecule has 0 aliphatic rings. The normalized spacial score (nSPS) is 12.0. The zero-order valence-corrected chi connectivity index (χ0v) is 10.4. The van der Waals surface area contributed by atoms with Gasteiger partial charge in [0.2, 0.25) is 5.78 Å². The van der Waals surface area contributed by atoms with Crippen LogP contribution in [0.5, 0.6) is 0 Å². The molecule has 0 fully saturated rings. The van der Waals surface area contributed by atoms with Crippen LogP contribution in [0.15, 0.2) is 36.8 Å². The van der Waals surface area contributed by atoms with Crippen LogP contribution in [0.2, 0.25) is 0 Å². The van der Waals surface area contributed by atoms with E-state index in [1.807, 2.05) is 13.0 Å². The van der Waals surface area contributed by atoms with Crippen molar-refractivity contribution in [2.24, 2.45) is 0 Å². The summed E-state index contributed by atoms with van der Waals surface area (Å²) in [6.07, 6.45) is -0.0304. The van der Waals surface area contributed by atoms with E-state index in [1.54, 1.807) is 12.3 Å². The lowest BCUT2D eigenvalue weighted by Crippen LogP contribution is -2.09. The maximum atomic E-state index is 12.6. The van der Waals surface area contributed by atoms with Crippen molar-refractivity contribution >= 4 is 5.78 Å². The van der Waals surface area contributed by atoms with Gasteiger partial charge in [0.1, 0.15) is 5.69 Å². The van der Waals surface area contributed by atoms with Crippen molar-refractivity contribution < 1.29 is 13.2 Å². The van der Waals surface area contributed by atoms with Gasteiger partial charge < -0.3 is 0 Å². The summed E-state index contributed by atoms with van der Waals surface area (Å²) in [6.45, 7) is 1.91. The molecule has 0 aromatic carbocycles. The zero-order valence-electron chi connectivity index (χ0n) is 10.4. The molecule has 3 rings (SSSR count). The molecule has 0 unspecified atom stereocenters. The molecule has 0 spiro atoms. The van der Waals surface area contributed by atoms with E-state index in [-0.39, 0.29) is 5.78 Å². The van der Waals surface area contributed by atoms with Crippen molar-refractivity contribution in [3.8, 4) is 11.4 Å². The average molecular weight is 278 g/mol. The molecule has 0 radical (unpaired) electrons. The number of halogens is 3. The predicted molar refractivity (Wildman–Crippen MR) is 66.0 cm³/mol. The summed E-state index contributed by atoms with van der Waals surface area (Å²) in [5.74, 6) is -0.00259. The minimum absolute atomic E-state index is 0.00259. The van der Waals surface area contributed by atoms with Crippen molar-refractivity contribution in [3.05, 3.63) is 48.0 Å². The van der Waals surface area contributed by atoms with Gasteiger partial charge in [-0.25, -0.2) is 9.97 Å². The number of hydrogen-bond acceptors (Lipinski definition) is 3. The van der Waals surface area contributed by atoms with Gasteiger partial charge in [-0.05, 0) is 24.6 Å². The van der Waals surface area contributed by atoms with Gasteiger partial charge >= 0.3 is 6.18 Å². The Morgan fingerprint density at radius 2 is 1.85 bits per heavy atom. The molecule has 7 heteroatoms. The summed E-state index contributed by atoms with van der Waals surface area (Å²) < 4.78 is 39.2. The Balaban J connectivity index is 2.13. The molecule has 0 N–H and O–H groups in total. The van der Waals surface area contributed by atoms with Gasteiger partial charge in [0, 0.05) is 12.4 Å². The first-order valence-electron chi connectivity index (χ1n) is 5.79. The number of pyridine rings is 1. The standard InChI is InChI=1S/C13H9F3N4/c1-8-2-3-9(17-6-8)10-7-18-12-19-11(13(14,15)16)4-5-20(10)12/h2-7H,1H3. The molecule has 0 atom stereocenters. The minimum Gasteiger partial charge on any atom is -0.282 e. The number of aryl methyl sites for hydroxylation is 1. The molecule has 102 valence electrons. The molecule has 0 aliphatic heterocycles. The number of hydrogen-bond donors (Lipinski definition) is 0. The lowest BCUT2D eigenvalue weighted by Gasteiger charge is -2.06. The second-order valence-electron chi connectivity index (χ2n) is 4.34. The smallest absolute Gasteiger partial charge is 0.282 e. The van der Waals surface area contributed by atoms with Gasteiger partial charge in [-0.3, -0.25) is 9.38 Å². The fourth-order valence-corrected chi connectivity index (χ4v) is 1.84. The average Bonchev–Trinajstić information content (AvgIpc) is 2.81. The number of imidazole rings is 1. The molecule has 0 saturated heterocycles. The van der Waals surface area contributed by atoms with Crippen molar-refractivity contribution in [1.82, 2.24) is 19.4 Å². The van der Waals surface area contributed by atoms with Gasteiger partial charge in [0.25, 0.3) is 0 Å². The first kappa shape index (κ1) is 12.6. The quantitative estimate of drug-likeness (QED) is 0.687. The van der Waals surface area contributed by atoms with E-state index in [2.05, 4.69) is 15.0 Å². The molecule has 20 heavy (non-hydrogen) atoms. The van der Waals surface area contributed by atoms with E-state index in [0.717, 1.165) is 11.6 Å². The van der Waals surface area contributed by atoms with Gasteiger partial charge in [-0.1, -0.05) is 6.07 Å². The molecule has 0 amide bonds. The zero-order chi connectivity index (χ0) is 14.3. The van der Waals surface area contributed by atoms with Crippen LogP contribution >= 0.6 is 0 Å². The Morgan fingerprint density at radius 3 is 2.50 bits per heavy atom. The fraction of sp³-hybridized carbons (Fsp3) is 0.154. The number of rotatable bonds is 1. The molecule has 0 saturated carbocycles. The lowest BCUT2D eigenvalue weighted by atomic mass is 10.2. The van der Waals surface area contributed by atoms with Gasteiger partial charge in [0.15, 0.2) is 0 Å². The third kappa shape index (κ3) is 2.11. The molecule has 4 nitrogen and oxygen atoms in total. The summed E-state index contributed by atoms with van der Waals surface area (Å²) >= 11 is 0. The van der Waals surface area contributed by atoms with Crippen molar-refractivity contribution in [3.63, 3.8) is 0 Å². The molecule has 0 bridgehead atoms. The van der Waals surface area contributed by atoms with Crippen LogP contribution in [0.1, 0.15) is 11.3 Å². The van der Waals surface area contributed by atoms with E-state index in [1.165, 1.54) is 16.8 Å². The topological polar surface area (TPSA) is 43.1 Å².